The molecular weight excluding hydrogens is 202 g/mol. The fraction of sp³-hybridized carbons (Fsp3) is 0.909. The van der Waals surface area contributed by atoms with Gasteiger partial charge in [-0.3, -0.25) is 4.99 Å². The molecule has 1 rings (SSSR count). The van der Waals surface area contributed by atoms with Crippen molar-refractivity contribution in [2.24, 2.45) is 10.7 Å². The second-order valence-electron chi connectivity index (χ2n) is 5.47. The van der Waals surface area contributed by atoms with E-state index in [1.807, 2.05) is 0 Å². The van der Waals surface area contributed by atoms with Gasteiger partial charge in [-0.15, -0.1) is 0 Å². The Morgan fingerprint density at radius 2 is 2.13 bits per heavy atom. The average Bonchev–Trinajstić information content (AvgIpc) is 2.51. The van der Waals surface area contributed by atoms with E-state index in [4.69, 9.17) is 5.73 Å². The van der Waals surface area contributed by atoms with Crippen molar-refractivity contribution in [3.05, 3.63) is 0 Å². The smallest absolute Gasteiger partial charge is 0.191 e. The third-order valence-corrected chi connectivity index (χ3v) is 8.55. The largest absolute Gasteiger partial charge is 0.370 e. The minimum absolute atomic E-state index is 0.749. The lowest BCUT2D eigenvalue weighted by Gasteiger charge is -2.28. The van der Waals surface area contributed by atoms with Gasteiger partial charge in [-0.2, -0.15) is 0 Å². The van der Waals surface area contributed by atoms with E-state index in [1.54, 1.807) is 0 Å². The van der Waals surface area contributed by atoms with Crippen LogP contribution in [-0.2, 0) is 0 Å². The zero-order valence-electron chi connectivity index (χ0n) is 10.6. The standard InChI is InChI=1S/C11H25N3Si/c1-10(2)15(3,4)9-5-7-14-8-6-13-11(14)12/h10H,5-9H2,1-4H3,(H2,12,13). The number of nitrogens with zero attached hydrogens (tertiary/aromatic N) is 2. The van der Waals surface area contributed by atoms with Crippen LogP contribution in [0.5, 0.6) is 0 Å². The predicted molar refractivity (Wildman–Crippen MR) is 70.1 cm³/mol. The van der Waals surface area contributed by atoms with Gasteiger partial charge in [-0.1, -0.05) is 38.5 Å². The van der Waals surface area contributed by atoms with Crippen molar-refractivity contribution < 1.29 is 0 Å². The van der Waals surface area contributed by atoms with Crippen molar-refractivity contribution in [1.29, 1.82) is 0 Å². The van der Waals surface area contributed by atoms with Crippen molar-refractivity contribution in [3.63, 3.8) is 0 Å². The number of nitrogens with two attached hydrogens (primary N) is 1. The van der Waals surface area contributed by atoms with Crippen LogP contribution in [0.1, 0.15) is 20.3 Å². The summed E-state index contributed by atoms with van der Waals surface area (Å²) in [5.74, 6) is 0.749. The van der Waals surface area contributed by atoms with Gasteiger partial charge in [0.15, 0.2) is 5.96 Å². The van der Waals surface area contributed by atoms with Crippen LogP contribution in [0.15, 0.2) is 4.99 Å². The first-order chi connectivity index (χ1) is 6.93. The van der Waals surface area contributed by atoms with Crippen LogP contribution in [0, 0.1) is 0 Å². The van der Waals surface area contributed by atoms with Gasteiger partial charge in [0, 0.05) is 21.2 Å². The summed E-state index contributed by atoms with van der Waals surface area (Å²) in [6.45, 7) is 12.7. The SMILES string of the molecule is CC(C)[Si](C)(C)CCCN1CCN=C1N. The monoisotopic (exact) mass is 227 g/mol. The second-order valence-corrected chi connectivity index (χ2v) is 11.1. The Labute approximate surface area is 94.8 Å². The molecule has 0 amide bonds. The van der Waals surface area contributed by atoms with Gasteiger partial charge in [0.2, 0.25) is 0 Å². The normalized spacial score (nSPS) is 17.4. The van der Waals surface area contributed by atoms with Crippen molar-refractivity contribution >= 4 is 14.0 Å². The van der Waals surface area contributed by atoms with Crippen LogP contribution >= 0.6 is 0 Å². The summed E-state index contributed by atoms with van der Waals surface area (Å²) in [4.78, 5) is 6.41. The average molecular weight is 227 g/mol. The molecule has 3 nitrogen and oxygen atoms in total. The molecule has 1 heterocycles. The van der Waals surface area contributed by atoms with Crippen molar-refractivity contribution in [1.82, 2.24) is 4.90 Å². The molecule has 0 bridgehead atoms. The fourth-order valence-electron chi connectivity index (χ4n) is 1.74. The lowest BCUT2D eigenvalue weighted by atomic mass is 10.4. The minimum Gasteiger partial charge on any atom is -0.370 e. The summed E-state index contributed by atoms with van der Waals surface area (Å²) < 4.78 is 0. The number of aliphatic imine (C=N–C) groups is 1. The first-order valence-electron chi connectivity index (χ1n) is 5.98. The van der Waals surface area contributed by atoms with E-state index in [9.17, 15) is 0 Å². The van der Waals surface area contributed by atoms with Gasteiger partial charge in [0.05, 0.1) is 6.54 Å². The van der Waals surface area contributed by atoms with Gasteiger partial charge < -0.3 is 10.6 Å². The number of guanidine groups is 1. The van der Waals surface area contributed by atoms with Crippen LogP contribution in [0.25, 0.3) is 0 Å². The van der Waals surface area contributed by atoms with Crippen LogP contribution in [-0.4, -0.2) is 38.6 Å². The molecule has 1 aliphatic rings. The quantitative estimate of drug-likeness (QED) is 0.731. The maximum Gasteiger partial charge on any atom is 0.191 e. The van der Waals surface area contributed by atoms with E-state index in [-0.39, 0.29) is 0 Å². The third kappa shape index (κ3) is 3.52. The lowest BCUT2D eigenvalue weighted by molar-refractivity contribution is 0.450. The van der Waals surface area contributed by atoms with Crippen LogP contribution < -0.4 is 5.73 Å². The molecule has 88 valence electrons. The lowest BCUT2D eigenvalue weighted by Crippen LogP contribution is -2.36. The summed E-state index contributed by atoms with van der Waals surface area (Å²) in [7, 11) is -0.982. The van der Waals surface area contributed by atoms with Gasteiger partial charge >= 0.3 is 0 Å². The second kappa shape index (κ2) is 5.01. The Kier molecular flexibility index (Phi) is 4.19. The number of rotatable bonds is 5. The molecule has 0 atom stereocenters. The van der Waals surface area contributed by atoms with Gasteiger partial charge in [-0.25, -0.2) is 0 Å². The molecule has 4 heteroatoms. The zero-order chi connectivity index (χ0) is 11.5. The Balaban J connectivity index is 2.24. The molecule has 0 unspecified atom stereocenters. The summed E-state index contributed by atoms with van der Waals surface area (Å²) in [6.07, 6.45) is 1.27. The summed E-state index contributed by atoms with van der Waals surface area (Å²) in [5.41, 5.74) is 6.65. The molecule has 0 radical (unpaired) electrons. The van der Waals surface area contributed by atoms with Gasteiger partial charge in [-0.05, 0) is 6.42 Å². The molecule has 1 aliphatic heterocycles. The highest BCUT2D eigenvalue weighted by Gasteiger charge is 2.24. The van der Waals surface area contributed by atoms with Crippen LogP contribution in [0.3, 0.4) is 0 Å². The number of hydrogen-bond acceptors (Lipinski definition) is 3. The topological polar surface area (TPSA) is 41.6 Å². The molecule has 0 aromatic rings. The highest BCUT2D eigenvalue weighted by Crippen LogP contribution is 2.26. The van der Waals surface area contributed by atoms with E-state index in [0.717, 1.165) is 31.1 Å². The summed E-state index contributed by atoms with van der Waals surface area (Å²) in [5, 5.41) is 0. The van der Waals surface area contributed by atoms with E-state index >= 15 is 0 Å². The molecule has 0 saturated carbocycles. The Morgan fingerprint density at radius 1 is 1.47 bits per heavy atom. The van der Waals surface area contributed by atoms with E-state index in [1.165, 1.54) is 12.5 Å². The van der Waals surface area contributed by atoms with E-state index < -0.39 is 8.07 Å². The highest BCUT2D eigenvalue weighted by atomic mass is 28.3. The minimum atomic E-state index is -0.982. The van der Waals surface area contributed by atoms with Crippen molar-refractivity contribution in [3.8, 4) is 0 Å². The first-order valence-corrected chi connectivity index (χ1v) is 9.27. The first kappa shape index (κ1) is 12.6. The molecule has 0 aliphatic carbocycles. The maximum absolute atomic E-state index is 5.78. The van der Waals surface area contributed by atoms with E-state index in [0.29, 0.717) is 0 Å². The Hall–Kier alpha value is -0.513. The third-order valence-electron chi connectivity index (χ3n) is 3.78. The molecular formula is C11H25N3Si. The number of hydrogen-bond donors (Lipinski definition) is 1. The summed E-state index contributed by atoms with van der Waals surface area (Å²) >= 11 is 0. The molecule has 0 fully saturated rings. The predicted octanol–water partition coefficient (Wildman–Crippen LogP) is 2.13. The molecule has 2 N–H and O–H groups in total. The molecule has 0 spiro atoms. The van der Waals surface area contributed by atoms with Gasteiger partial charge in [0.1, 0.15) is 0 Å². The van der Waals surface area contributed by atoms with Crippen LogP contribution in [0.2, 0.25) is 24.7 Å². The Bertz CT molecular complexity index is 236. The maximum atomic E-state index is 5.78. The van der Waals surface area contributed by atoms with Crippen molar-refractivity contribution in [2.45, 2.75) is 44.9 Å². The fourth-order valence-corrected chi connectivity index (χ4v) is 3.39. The molecule has 0 aromatic carbocycles. The summed E-state index contributed by atoms with van der Waals surface area (Å²) in [6, 6.07) is 1.40. The molecule has 15 heavy (non-hydrogen) atoms. The Morgan fingerprint density at radius 3 is 2.60 bits per heavy atom. The van der Waals surface area contributed by atoms with E-state index in [2.05, 4.69) is 36.8 Å². The highest BCUT2D eigenvalue weighted by molar-refractivity contribution is 6.78. The van der Waals surface area contributed by atoms with Crippen molar-refractivity contribution in [2.75, 3.05) is 19.6 Å². The molecule has 0 saturated heterocycles. The zero-order valence-corrected chi connectivity index (χ0v) is 11.6. The van der Waals surface area contributed by atoms with Gasteiger partial charge in [0.25, 0.3) is 0 Å². The molecule has 0 aromatic heterocycles. The van der Waals surface area contributed by atoms with Crippen LogP contribution in [0.4, 0.5) is 0 Å².